The Bertz CT molecular complexity index is 793. The normalized spacial score (nSPS) is 19.0. The lowest BCUT2D eigenvalue weighted by molar-refractivity contribution is -0.128. The van der Waals surface area contributed by atoms with Crippen LogP contribution in [0.4, 0.5) is 0 Å². The Hall–Kier alpha value is -2.49. The highest BCUT2D eigenvalue weighted by atomic mass is 16.5. The summed E-state index contributed by atoms with van der Waals surface area (Å²) in [6.07, 6.45) is 0.140. The number of para-hydroxylation sites is 1. The molecule has 2 atom stereocenters. The summed E-state index contributed by atoms with van der Waals surface area (Å²) in [6.45, 7) is 9.90. The van der Waals surface area contributed by atoms with Gasteiger partial charge in [-0.25, -0.2) is 0 Å². The fraction of sp³-hybridized carbons (Fsp3) is 0.409. The van der Waals surface area contributed by atoms with Crippen LogP contribution >= 0.6 is 0 Å². The van der Waals surface area contributed by atoms with Crippen molar-refractivity contribution in [2.75, 3.05) is 0 Å². The van der Waals surface area contributed by atoms with Crippen LogP contribution in [0.3, 0.4) is 0 Å². The zero-order chi connectivity index (χ0) is 18.9. The molecule has 1 aliphatic heterocycles. The van der Waals surface area contributed by atoms with Crippen molar-refractivity contribution in [2.45, 2.75) is 58.8 Å². The van der Waals surface area contributed by atoms with Gasteiger partial charge in [-0.15, -0.1) is 0 Å². The van der Waals surface area contributed by atoms with E-state index in [1.54, 1.807) is 6.92 Å². The van der Waals surface area contributed by atoms with Gasteiger partial charge in [-0.1, -0.05) is 24.3 Å². The van der Waals surface area contributed by atoms with Gasteiger partial charge in [0, 0.05) is 12.0 Å². The molecule has 0 unspecified atom stereocenters. The number of aryl methyl sites for hydroxylation is 2. The average molecular weight is 353 g/mol. The first-order chi connectivity index (χ1) is 12.2. The van der Waals surface area contributed by atoms with Gasteiger partial charge in [0.1, 0.15) is 17.1 Å². The third kappa shape index (κ3) is 4.18. The van der Waals surface area contributed by atoms with E-state index in [1.165, 1.54) is 0 Å². The zero-order valence-corrected chi connectivity index (χ0v) is 16.1. The second-order valence-electron chi connectivity index (χ2n) is 7.75. The molecule has 4 nitrogen and oxygen atoms in total. The van der Waals surface area contributed by atoms with E-state index >= 15 is 0 Å². The average Bonchev–Trinajstić information content (AvgIpc) is 2.52. The van der Waals surface area contributed by atoms with Crippen LogP contribution in [-0.2, 0) is 4.79 Å². The molecule has 138 valence electrons. The van der Waals surface area contributed by atoms with Gasteiger partial charge in [0.2, 0.25) is 0 Å². The lowest BCUT2D eigenvalue weighted by Gasteiger charge is -2.38. The molecule has 0 fully saturated rings. The highest BCUT2D eigenvalue weighted by Crippen LogP contribution is 2.39. The van der Waals surface area contributed by atoms with Crippen LogP contribution < -0.4 is 14.8 Å². The van der Waals surface area contributed by atoms with Crippen LogP contribution in [0.5, 0.6) is 11.5 Å². The molecule has 1 N–H and O–H groups in total. The van der Waals surface area contributed by atoms with E-state index in [-0.39, 0.29) is 17.6 Å². The van der Waals surface area contributed by atoms with E-state index in [9.17, 15) is 4.79 Å². The molecule has 26 heavy (non-hydrogen) atoms. The van der Waals surface area contributed by atoms with Crippen molar-refractivity contribution in [3.63, 3.8) is 0 Å². The number of rotatable bonds is 4. The number of ether oxygens (including phenoxy) is 2. The summed E-state index contributed by atoms with van der Waals surface area (Å²) in [5.41, 5.74) is 2.92. The molecule has 1 amide bonds. The van der Waals surface area contributed by atoms with E-state index in [0.717, 1.165) is 28.2 Å². The molecule has 0 saturated carbocycles. The summed E-state index contributed by atoms with van der Waals surface area (Å²) >= 11 is 0. The van der Waals surface area contributed by atoms with Crippen molar-refractivity contribution in [1.29, 1.82) is 0 Å². The van der Waals surface area contributed by atoms with Gasteiger partial charge in [-0.2, -0.15) is 0 Å². The van der Waals surface area contributed by atoms with Crippen molar-refractivity contribution < 1.29 is 14.3 Å². The lowest BCUT2D eigenvalue weighted by Crippen LogP contribution is -2.44. The van der Waals surface area contributed by atoms with Crippen LogP contribution in [0, 0.1) is 13.8 Å². The molecule has 0 bridgehead atoms. The van der Waals surface area contributed by atoms with Crippen molar-refractivity contribution in [3.05, 3.63) is 59.2 Å². The van der Waals surface area contributed by atoms with Crippen LogP contribution in [0.2, 0.25) is 0 Å². The maximum Gasteiger partial charge on any atom is 0.261 e. The van der Waals surface area contributed by atoms with Crippen LogP contribution in [0.15, 0.2) is 42.5 Å². The van der Waals surface area contributed by atoms with Gasteiger partial charge < -0.3 is 14.8 Å². The number of carbonyl (C=O) groups excluding carboxylic acids is 1. The number of benzene rings is 2. The smallest absolute Gasteiger partial charge is 0.261 e. The van der Waals surface area contributed by atoms with Gasteiger partial charge in [0.05, 0.1) is 6.04 Å². The summed E-state index contributed by atoms with van der Waals surface area (Å²) in [4.78, 5) is 12.7. The summed E-state index contributed by atoms with van der Waals surface area (Å²) in [6, 6.07) is 13.8. The Labute approximate surface area is 155 Å². The summed E-state index contributed by atoms with van der Waals surface area (Å²) in [5.74, 6) is 1.43. The molecule has 1 aliphatic rings. The molecule has 3 rings (SSSR count). The minimum atomic E-state index is -0.575. The minimum Gasteiger partial charge on any atom is -0.487 e. The summed E-state index contributed by atoms with van der Waals surface area (Å²) in [5, 5.41) is 3.14. The van der Waals surface area contributed by atoms with E-state index < -0.39 is 6.10 Å². The Morgan fingerprint density at radius 2 is 1.85 bits per heavy atom. The molecule has 0 saturated heterocycles. The first-order valence-corrected chi connectivity index (χ1v) is 9.07. The van der Waals surface area contributed by atoms with Gasteiger partial charge in [-0.05, 0) is 63.9 Å². The number of amides is 1. The monoisotopic (exact) mass is 353 g/mol. The molecular weight excluding hydrogens is 326 g/mol. The van der Waals surface area contributed by atoms with Crippen molar-refractivity contribution in [2.24, 2.45) is 0 Å². The maximum atomic E-state index is 12.7. The maximum absolute atomic E-state index is 12.7. The number of hydrogen-bond donors (Lipinski definition) is 1. The quantitative estimate of drug-likeness (QED) is 0.881. The Kier molecular flexibility index (Phi) is 4.94. The zero-order valence-electron chi connectivity index (χ0n) is 16.1. The molecular formula is C22H27NO3. The number of fused-ring (bicyclic) bond motifs is 1. The molecule has 0 spiro atoms. The predicted molar refractivity (Wildman–Crippen MR) is 103 cm³/mol. The van der Waals surface area contributed by atoms with E-state index in [1.807, 2.05) is 64.1 Å². The van der Waals surface area contributed by atoms with Gasteiger partial charge in [-0.3, -0.25) is 4.79 Å². The summed E-state index contributed by atoms with van der Waals surface area (Å²) in [7, 11) is 0. The number of carbonyl (C=O) groups is 1. The molecule has 0 aliphatic carbocycles. The van der Waals surface area contributed by atoms with Gasteiger partial charge in [0.25, 0.3) is 5.91 Å². The molecule has 1 heterocycles. The summed E-state index contributed by atoms with van der Waals surface area (Å²) < 4.78 is 11.9. The highest BCUT2D eigenvalue weighted by Gasteiger charge is 2.35. The van der Waals surface area contributed by atoms with Crippen LogP contribution in [0.1, 0.15) is 49.9 Å². The third-order valence-corrected chi connectivity index (χ3v) is 4.57. The van der Waals surface area contributed by atoms with E-state index in [4.69, 9.17) is 9.47 Å². The number of nitrogens with one attached hydrogen (secondary N) is 1. The second kappa shape index (κ2) is 7.02. The topological polar surface area (TPSA) is 47.6 Å². The third-order valence-electron chi connectivity index (χ3n) is 4.57. The van der Waals surface area contributed by atoms with Gasteiger partial charge >= 0.3 is 0 Å². The molecule has 0 radical (unpaired) electrons. The van der Waals surface area contributed by atoms with Crippen LogP contribution in [0.25, 0.3) is 0 Å². The predicted octanol–water partition coefficient (Wildman–Crippen LogP) is 4.49. The SMILES string of the molecule is Cc1cc(C)cc(O[C@H](C)C(=O)N[C@@H]2CC(C)(C)Oc3ccccc32)c1. The van der Waals surface area contributed by atoms with Crippen LogP contribution in [-0.4, -0.2) is 17.6 Å². The lowest BCUT2D eigenvalue weighted by atomic mass is 9.89. The fourth-order valence-corrected chi connectivity index (χ4v) is 3.48. The Morgan fingerprint density at radius 3 is 2.54 bits per heavy atom. The minimum absolute atomic E-state index is 0.0901. The Balaban J connectivity index is 1.72. The fourth-order valence-electron chi connectivity index (χ4n) is 3.48. The molecule has 2 aromatic carbocycles. The molecule has 0 aromatic heterocycles. The Morgan fingerprint density at radius 1 is 1.19 bits per heavy atom. The number of hydrogen-bond acceptors (Lipinski definition) is 3. The van der Waals surface area contributed by atoms with Crippen molar-refractivity contribution in [3.8, 4) is 11.5 Å². The first kappa shape index (κ1) is 18.3. The second-order valence-corrected chi connectivity index (χ2v) is 7.75. The van der Waals surface area contributed by atoms with E-state index in [2.05, 4.69) is 11.4 Å². The highest BCUT2D eigenvalue weighted by molar-refractivity contribution is 5.81. The van der Waals surface area contributed by atoms with Crippen molar-refractivity contribution >= 4 is 5.91 Å². The van der Waals surface area contributed by atoms with Gasteiger partial charge in [0.15, 0.2) is 6.10 Å². The standard InChI is InChI=1S/C22H27NO3/c1-14-10-15(2)12-17(11-14)25-16(3)21(24)23-19-13-22(4,5)26-20-9-7-6-8-18(19)20/h6-12,16,19H,13H2,1-5H3,(H,23,24)/t16-,19-/m1/s1. The molecule has 4 heteroatoms. The largest absolute Gasteiger partial charge is 0.487 e. The van der Waals surface area contributed by atoms with Crippen molar-refractivity contribution in [1.82, 2.24) is 5.32 Å². The van der Waals surface area contributed by atoms with E-state index in [0.29, 0.717) is 6.42 Å². The first-order valence-electron chi connectivity index (χ1n) is 9.07. The molecule has 2 aromatic rings.